The monoisotopic (exact) mass is 261 g/mol. The molecule has 0 saturated heterocycles. The zero-order valence-electron chi connectivity index (χ0n) is 12.7. The molecule has 0 amide bonds. The molecule has 1 aliphatic carbocycles. The summed E-state index contributed by atoms with van der Waals surface area (Å²) in [7, 11) is 2.14. The van der Waals surface area contributed by atoms with Crippen molar-refractivity contribution in [2.24, 2.45) is 11.8 Å². The molecule has 0 spiro atoms. The van der Waals surface area contributed by atoms with Gasteiger partial charge in [0.25, 0.3) is 0 Å². The third-order valence-electron chi connectivity index (χ3n) is 4.48. The van der Waals surface area contributed by atoms with Crippen molar-refractivity contribution in [3.8, 4) is 0 Å². The molecule has 1 aliphatic rings. The van der Waals surface area contributed by atoms with Crippen LogP contribution in [0.5, 0.6) is 0 Å². The highest BCUT2D eigenvalue weighted by molar-refractivity contribution is 5.53. The van der Waals surface area contributed by atoms with Crippen molar-refractivity contribution in [1.29, 1.82) is 0 Å². The van der Waals surface area contributed by atoms with Crippen molar-refractivity contribution < 1.29 is 5.11 Å². The highest BCUT2D eigenvalue weighted by atomic mass is 16.3. The van der Waals surface area contributed by atoms with E-state index in [-0.39, 0.29) is 6.10 Å². The van der Waals surface area contributed by atoms with Gasteiger partial charge in [-0.25, -0.2) is 0 Å². The Balaban J connectivity index is 2.05. The SMILES string of the molecule is Cc1ccc(N(C)CC2CC(C)CCC2O)c(C)c1. The van der Waals surface area contributed by atoms with Gasteiger partial charge in [-0.05, 0) is 50.7 Å². The van der Waals surface area contributed by atoms with Gasteiger partial charge in [-0.3, -0.25) is 0 Å². The fraction of sp³-hybridized carbons (Fsp3) is 0.647. The smallest absolute Gasteiger partial charge is 0.0585 e. The molecule has 2 rings (SSSR count). The third kappa shape index (κ3) is 3.50. The summed E-state index contributed by atoms with van der Waals surface area (Å²) >= 11 is 0. The normalized spacial score (nSPS) is 27.3. The molecule has 1 aromatic rings. The first-order valence-corrected chi connectivity index (χ1v) is 7.44. The number of aliphatic hydroxyl groups excluding tert-OH is 1. The van der Waals surface area contributed by atoms with Crippen LogP contribution < -0.4 is 4.90 Å². The van der Waals surface area contributed by atoms with Crippen molar-refractivity contribution in [3.63, 3.8) is 0 Å². The molecule has 3 atom stereocenters. The zero-order chi connectivity index (χ0) is 14.0. The van der Waals surface area contributed by atoms with Crippen molar-refractivity contribution in [1.82, 2.24) is 0 Å². The fourth-order valence-corrected chi connectivity index (χ4v) is 3.36. The van der Waals surface area contributed by atoms with E-state index in [0.29, 0.717) is 5.92 Å². The van der Waals surface area contributed by atoms with E-state index in [2.05, 4.69) is 50.9 Å². The second-order valence-electron chi connectivity index (χ2n) is 6.42. The lowest BCUT2D eigenvalue weighted by atomic mass is 9.80. The average molecular weight is 261 g/mol. The fourth-order valence-electron chi connectivity index (χ4n) is 3.36. The Kier molecular flexibility index (Phi) is 4.51. The van der Waals surface area contributed by atoms with Gasteiger partial charge >= 0.3 is 0 Å². The number of aliphatic hydroxyl groups is 1. The van der Waals surface area contributed by atoms with E-state index in [4.69, 9.17) is 0 Å². The number of anilines is 1. The maximum Gasteiger partial charge on any atom is 0.0585 e. The molecule has 0 radical (unpaired) electrons. The summed E-state index contributed by atoms with van der Waals surface area (Å²) < 4.78 is 0. The van der Waals surface area contributed by atoms with E-state index in [1.807, 2.05) is 0 Å². The minimum absolute atomic E-state index is 0.121. The molecule has 0 aromatic heterocycles. The molecule has 1 fully saturated rings. The molecule has 1 aromatic carbocycles. The molecule has 0 heterocycles. The predicted molar refractivity (Wildman–Crippen MR) is 81.7 cm³/mol. The van der Waals surface area contributed by atoms with Crippen LogP contribution >= 0.6 is 0 Å². The maximum absolute atomic E-state index is 10.2. The third-order valence-corrected chi connectivity index (χ3v) is 4.48. The Hall–Kier alpha value is -1.02. The van der Waals surface area contributed by atoms with Gasteiger partial charge in [-0.15, -0.1) is 0 Å². The van der Waals surface area contributed by atoms with Gasteiger partial charge in [0.1, 0.15) is 0 Å². The summed E-state index contributed by atoms with van der Waals surface area (Å²) in [5, 5.41) is 10.2. The summed E-state index contributed by atoms with van der Waals surface area (Å²) in [6, 6.07) is 6.59. The Morgan fingerprint density at radius 1 is 1.26 bits per heavy atom. The number of aryl methyl sites for hydroxylation is 2. The van der Waals surface area contributed by atoms with Crippen molar-refractivity contribution in [2.75, 3.05) is 18.5 Å². The second-order valence-corrected chi connectivity index (χ2v) is 6.42. The van der Waals surface area contributed by atoms with Gasteiger partial charge in [0, 0.05) is 25.2 Å². The number of hydrogen-bond acceptors (Lipinski definition) is 2. The van der Waals surface area contributed by atoms with Gasteiger partial charge < -0.3 is 10.0 Å². The van der Waals surface area contributed by atoms with E-state index in [0.717, 1.165) is 25.3 Å². The van der Waals surface area contributed by atoms with Crippen LogP contribution in [0, 0.1) is 25.7 Å². The van der Waals surface area contributed by atoms with E-state index in [9.17, 15) is 5.11 Å². The standard InChI is InChI=1S/C17H27NO/c1-12-5-7-16(14(3)9-12)18(4)11-15-10-13(2)6-8-17(15)19/h5,7,9,13,15,17,19H,6,8,10-11H2,1-4H3. The first kappa shape index (κ1) is 14.4. The summed E-state index contributed by atoms with van der Waals surface area (Å²) in [5.41, 5.74) is 3.91. The molecule has 0 bridgehead atoms. The topological polar surface area (TPSA) is 23.5 Å². The number of hydrogen-bond donors (Lipinski definition) is 1. The lowest BCUT2D eigenvalue weighted by molar-refractivity contribution is 0.0556. The van der Waals surface area contributed by atoms with Crippen LogP contribution in [0.4, 0.5) is 5.69 Å². The molecule has 2 heteroatoms. The van der Waals surface area contributed by atoms with Crippen LogP contribution in [0.1, 0.15) is 37.3 Å². The highest BCUT2D eigenvalue weighted by Gasteiger charge is 2.28. The van der Waals surface area contributed by atoms with Crippen LogP contribution in [0.3, 0.4) is 0 Å². The zero-order valence-corrected chi connectivity index (χ0v) is 12.7. The quantitative estimate of drug-likeness (QED) is 0.899. The molecule has 19 heavy (non-hydrogen) atoms. The second kappa shape index (κ2) is 5.96. The molecule has 1 N–H and O–H groups in total. The summed E-state index contributed by atoms with van der Waals surface area (Å²) in [6.45, 7) is 7.55. The van der Waals surface area contributed by atoms with Crippen LogP contribution in [0.2, 0.25) is 0 Å². The Bertz CT molecular complexity index is 429. The van der Waals surface area contributed by atoms with E-state index in [1.165, 1.54) is 23.2 Å². The van der Waals surface area contributed by atoms with Gasteiger partial charge in [-0.1, -0.05) is 24.6 Å². The lowest BCUT2D eigenvalue weighted by Crippen LogP contribution is -2.37. The molecule has 106 valence electrons. The Morgan fingerprint density at radius 2 is 2.00 bits per heavy atom. The molecular formula is C17H27NO. The summed E-state index contributed by atoms with van der Waals surface area (Å²) in [6.07, 6.45) is 3.16. The summed E-state index contributed by atoms with van der Waals surface area (Å²) in [4.78, 5) is 2.31. The van der Waals surface area contributed by atoms with Gasteiger partial charge in [0.2, 0.25) is 0 Å². The van der Waals surface area contributed by atoms with Gasteiger partial charge in [0.05, 0.1) is 6.10 Å². The van der Waals surface area contributed by atoms with Gasteiger partial charge in [-0.2, -0.15) is 0 Å². The largest absolute Gasteiger partial charge is 0.393 e. The van der Waals surface area contributed by atoms with Crippen LogP contribution in [0.25, 0.3) is 0 Å². The lowest BCUT2D eigenvalue weighted by Gasteiger charge is -2.35. The van der Waals surface area contributed by atoms with Gasteiger partial charge in [0.15, 0.2) is 0 Å². The molecule has 2 nitrogen and oxygen atoms in total. The number of nitrogens with zero attached hydrogens (tertiary/aromatic N) is 1. The maximum atomic E-state index is 10.2. The first-order valence-electron chi connectivity index (χ1n) is 7.44. The van der Waals surface area contributed by atoms with Crippen LogP contribution in [-0.4, -0.2) is 24.8 Å². The average Bonchev–Trinajstić information content (AvgIpc) is 2.33. The minimum atomic E-state index is -0.121. The van der Waals surface area contributed by atoms with Crippen molar-refractivity contribution in [2.45, 2.75) is 46.1 Å². The van der Waals surface area contributed by atoms with Crippen LogP contribution in [0.15, 0.2) is 18.2 Å². The van der Waals surface area contributed by atoms with Crippen LogP contribution in [-0.2, 0) is 0 Å². The molecule has 3 unspecified atom stereocenters. The Morgan fingerprint density at radius 3 is 2.68 bits per heavy atom. The number of rotatable bonds is 3. The number of benzene rings is 1. The van der Waals surface area contributed by atoms with Crippen molar-refractivity contribution in [3.05, 3.63) is 29.3 Å². The summed E-state index contributed by atoms with van der Waals surface area (Å²) in [5.74, 6) is 1.16. The van der Waals surface area contributed by atoms with Crippen molar-refractivity contribution >= 4 is 5.69 Å². The first-order chi connectivity index (χ1) is 8.97. The molecule has 1 saturated carbocycles. The van der Waals surface area contributed by atoms with E-state index >= 15 is 0 Å². The minimum Gasteiger partial charge on any atom is -0.393 e. The highest BCUT2D eigenvalue weighted by Crippen LogP contribution is 2.31. The molecular weight excluding hydrogens is 234 g/mol. The molecule has 0 aliphatic heterocycles. The Labute approximate surface area is 117 Å². The van der Waals surface area contributed by atoms with E-state index in [1.54, 1.807) is 0 Å². The predicted octanol–water partition coefficient (Wildman–Crippen LogP) is 3.54. The van der Waals surface area contributed by atoms with E-state index < -0.39 is 0 Å².